The van der Waals surface area contributed by atoms with Gasteiger partial charge in [-0.1, -0.05) is 26.7 Å². The average Bonchev–Trinajstić information content (AvgIpc) is 2.87. The largest absolute Gasteiger partial charge is 0.351 e. The lowest BCUT2D eigenvalue weighted by Gasteiger charge is -2.31. The number of carbonyl (C=O) groups excluding carboxylic acids is 1. The van der Waals surface area contributed by atoms with Gasteiger partial charge in [0.1, 0.15) is 0 Å². The van der Waals surface area contributed by atoms with E-state index >= 15 is 0 Å². The van der Waals surface area contributed by atoms with E-state index in [1.54, 1.807) is 0 Å². The molecule has 1 aromatic rings. The molecule has 1 N–H and O–H groups in total. The number of hydrogen-bond donors (Lipinski definition) is 1. The summed E-state index contributed by atoms with van der Waals surface area (Å²) in [6.45, 7) is 5.36. The molecule has 1 fully saturated rings. The molecule has 21 heavy (non-hydrogen) atoms. The number of carbonyl (C=O) groups is 1. The topological polar surface area (TPSA) is 29.1 Å². The van der Waals surface area contributed by atoms with Crippen LogP contribution in [0.25, 0.3) is 0 Å². The van der Waals surface area contributed by atoms with Crippen molar-refractivity contribution in [2.75, 3.05) is 6.54 Å². The highest BCUT2D eigenvalue weighted by Crippen LogP contribution is 2.42. The minimum Gasteiger partial charge on any atom is -0.351 e. The molecule has 2 nitrogen and oxygen atoms in total. The predicted octanol–water partition coefficient (Wildman–Crippen LogP) is 5.39. The van der Waals surface area contributed by atoms with Crippen LogP contribution in [-0.2, 0) is 0 Å². The monoisotopic (exact) mass is 463 g/mol. The van der Waals surface area contributed by atoms with Crippen molar-refractivity contribution in [2.24, 2.45) is 11.3 Å². The fourth-order valence-electron chi connectivity index (χ4n) is 3.48. The summed E-state index contributed by atoms with van der Waals surface area (Å²) >= 11 is 5.71. The number of benzene rings is 1. The van der Waals surface area contributed by atoms with Crippen LogP contribution in [0.2, 0.25) is 0 Å². The molecule has 116 valence electrons. The van der Waals surface area contributed by atoms with Gasteiger partial charge in [0.15, 0.2) is 0 Å². The summed E-state index contributed by atoms with van der Waals surface area (Å²) in [5.41, 5.74) is 1.05. The second-order valence-electron chi connectivity index (χ2n) is 6.61. The Balaban J connectivity index is 2.03. The van der Waals surface area contributed by atoms with Crippen LogP contribution in [0.4, 0.5) is 0 Å². The van der Waals surface area contributed by atoms with E-state index in [2.05, 4.69) is 57.7 Å². The maximum atomic E-state index is 12.5. The third-order valence-electron chi connectivity index (χ3n) is 4.30. The van der Waals surface area contributed by atoms with E-state index in [0.717, 1.165) is 20.2 Å². The zero-order chi connectivity index (χ0) is 15.5. The van der Waals surface area contributed by atoms with Crippen LogP contribution in [0.5, 0.6) is 0 Å². The summed E-state index contributed by atoms with van der Waals surface area (Å²) in [6.07, 6.45) is 6.31. The molecule has 0 radical (unpaired) electrons. The van der Waals surface area contributed by atoms with Gasteiger partial charge in [0.25, 0.3) is 5.91 Å². The van der Waals surface area contributed by atoms with E-state index in [0.29, 0.717) is 11.3 Å². The minimum absolute atomic E-state index is 0.0374. The van der Waals surface area contributed by atoms with Gasteiger partial charge in [-0.2, -0.15) is 0 Å². The lowest BCUT2D eigenvalue weighted by atomic mass is 9.78. The van der Waals surface area contributed by atoms with E-state index in [9.17, 15) is 4.79 Å². The second-order valence-corrected chi connectivity index (χ2v) is 8.71. The molecule has 0 aromatic heterocycles. The van der Waals surface area contributed by atoms with Crippen LogP contribution in [0.15, 0.2) is 22.7 Å². The number of halogens is 2. The molecule has 4 heteroatoms. The molecule has 0 bridgehead atoms. The number of rotatable bonds is 5. The fourth-order valence-corrected chi connectivity index (χ4v) is 4.40. The Morgan fingerprint density at radius 3 is 2.67 bits per heavy atom. The number of nitrogens with one attached hydrogen (secondary N) is 1. The van der Waals surface area contributed by atoms with E-state index < -0.39 is 0 Å². The van der Waals surface area contributed by atoms with Crippen molar-refractivity contribution in [1.29, 1.82) is 0 Å². The fraction of sp³-hybridized carbons (Fsp3) is 0.588. The minimum atomic E-state index is 0.0374. The van der Waals surface area contributed by atoms with Crippen molar-refractivity contribution in [3.63, 3.8) is 0 Å². The lowest BCUT2D eigenvalue weighted by Crippen LogP contribution is -2.37. The van der Waals surface area contributed by atoms with Crippen molar-refractivity contribution >= 4 is 44.4 Å². The molecule has 1 aliphatic carbocycles. The summed E-state index contributed by atoms with van der Waals surface area (Å²) in [4.78, 5) is 12.5. The zero-order valence-electron chi connectivity index (χ0n) is 12.7. The first-order chi connectivity index (χ1) is 9.92. The Kier molecular flexibility index (Phi) is 6.12. The highest BCUT2D eigenvalue weighted by Gasteiger charge is 2.34. The van der Waals surface area contributed by atoms with Gasteiger partial charge >= 0.3 is 0 Å². The smallest absolute Gasteiger partial charge is 0.252 e. The SMILES string of the molecule is CC(C)CC1(CNC(=O)c2cc(I)ccc2Br)CCCC1. The van der Waals surface area contributed by atoms with Gasteiger partial charge in [0.05, 0.1) is 5.56 Å². The predicted molar refractivity (Wildman–Crippen MR) is 99.5 cm³/mol. The molecule has 0 saturated heterocycles. The van der Waals surface area contributed by atoms with Gasteiger partial charge in [-0.05, 0) is 87.3 Å². The average molecular weight is 464 g/mol. The summed E-state index contributed by atoms with van der Waals surface area (Å²) in [5, 5.41) is 3.18. The summed E-state index contributed by atoms with van der Waals surface area (Å²) in [5.74, 6) is 0.722. The van der Waals surface area contributed by atoms with Crippen LogP contribution in [-0.4, -0.2) is 12.5 Å². The Hall–Kier alpha value is -0.100. The van der Waals surface area contributed by atoms with Crippen LogP contribution >= 0.6 is 38.5 Å². The molecule has 0 heterocycles. The molecular formula is C17H23BrINO. The molecule has 1 aromatic carbocycles. The Labute approximate surface area is 149 Å². The van der Waals surface area contributed by atoms with E-state index in [1.807, 2.05) is 18.2 Å². The van der Waals surface area contributed by atoms with Crippen LogP contribution < -0.4 is 5.32 Å². The Morgan fingerprint density at radius 1 is 1.38 bits per heavy atom. The highest BCUT2D eigenvalue weighted by molar-refractivity contribution is 14.1. The van der Waals surface area contributed by atoms with Gasteiger partial charge < -0.3 is 5.32 Å². The van der Waals surface area contributed by atoms with Crippen molar-refractivity contribution < 1.29 is 4.79 Å². The van der Waals surface area contributed by atoms with Gasteiger partial charge in [-0.3, -0.25) is 4.79 Å². The Bertz CT molecular complexity index is 510. The second kappa shape index (κ2) is 7.44. The Morgan fingerprint density at radius 2 is 2.05 bits per heavy atom. The van der Waals surface area contributed by atoms with Crippen molar-refractivity contribution in [3.05, 3.63) is 31.8 Å². The third-order valence-corrected chi connectivity index (χ3v) is 5.66. The lowest BCUT2D eigenvalue weighted by molar-refractivity contribution is 0.0921. The molecule has 2 rings (SSSR count). The van der Waals surface area contributed by atoms with Crippen molar-refractivity contribution in [1.82, 2.24) is 5.32 Å². The maximum Gasteiger partial charge on any atom is 0.252 e. The van der Waals surface area contributed by atoms with Gasteiger partial charge in [-0.15, -0.1) is 0 Å². The third kappa shape index (κ3) is 4.68. The van der Waals surface area contributed by atoms with Crippen LogP contribution in [0.3, 0.4) is 0 Å². The molecule has 0 atom stereocenters. The molecule has 0 spiro atoms. The highest BCUT2D eigenvalue weighted by atomic mass is 127. The number of amides is 1. The van der Waals surface area contributed by atoms with E-state index in [4.69, 9.17) is 0 Å². The molecule has 1 saturated carbocycles. The molecule has 1 amide bonds. The molecule has 0 aliphatic heterocycles. The first-order valence-electron chi connectivity index (χ1n) is 7.65. The number of hydrogen-bond acceptors (Lipinski definition) is 1. The van der Waals surface area contributed by atoms with E-state index in [1.165, 1.54) is 32.1 Å². The van der Waals surface area contributed by atoms with Gasteiger partial charge in [-0.25, -0.2) is 0 Å². The molecular weight excluding hydrogens is 441 g/mol. The van der Waals surface area contributed by atoms with Crippen molar-refractivity contribution in [3.8, 4) is 0 Å². The quantitative estimate of drug-likeness (QED) is 0.582. The molecule has 0 unspecified atom stereocenters. The first kappa shape index (κ1) is 17.3. The molecule has 1 aliphatic rings. The zero-order valence-corrected chi connectivity index (χ0v) is 16.5. The van der Waals surface area contributed by atoms with Gasteiger partial charge in [0, 0.05) is 14.6 Å². The van der Waals surface area contributed by atoms with Crippen LogP contribution in [0, 0.1) is 14.9 Å². The van der Waals surface area contributed by atoms with Crippen LogP contribution in [0.1, 0.15) is 56.3 Å². The standard InChI is InChI=1S/C17H23BrINO/c1-12(2)10-17(7-3-4-8-17)11-20-16(21)14-9-13(19)5-6-15(14)18/h5-6,9,12H,3-4,7-8,10-11H2,1-2H3,(H,20,21). The summed E-state index contributed by atoms with van der Waals surface area (Å²) < 4.78 is 1.95. The summed E-state index contributed by atoms with van der Waals surface area (Å²) in [6, 6.07) is 5.87. The maximum absolute atomic E-state index is 12.5. The first-order valence-corrected chi connectivity index (χ1v) is 9.52. The normalized spacial score (nSPS) is 17.2. The summed E-state index contributed by atoms with van der Waals surface area (Å²) in [7, 11) is 0. The van der Waals surface area contributed by atoms with E-state index in [-0.39, 0.29) is 5.91 Å². The van der Waals surface area contributed by atoms with Crippen molar-refractivity contribution in [2.45, 2.75) is 46.0 Å². The van der Waals surface area contributed by atoms with Gasteiger partial charge in [0.2, 0.25) is 0 Å².